The van der Waals surface area contributed by atoms with Crippen LogP contribution in [0.4, 0.5) is 0 Å². The van der Waals surface area contributed by atoms with Gasteiger partial charge < -0.3 is 0 Å². The first kappa shape index (κ1) is 10.6. The number of aromatic nitrogens is 2. The van der Waals surface area contributed by atoms with Gasteiger partial charge in [0.05, 0.1) is 5.25 Å². The van der Waals surface area contributed by atoms with Crippen molar-refractivity contribution in [2.24, 2.45) is 0 Å². The van der Waals surface area contributed by atoms with Gasteiger partial charge in [-0.3, -0.25) is 9.89 Å². The number of rotatable bonds is 2. The van der Waals surface area contributed by atoms with Gasteiger partial charge in [-0.15, -0.1) is 11.8 Å². The minimum absolute atomic E-state index is 0.0188. The Morgan fingerprint density at radius 2 is 2.24 bits per heavy atom. The maximum absolute atomic E-state index is 12.2. The fourth-order valence-corrected chi connectivity index (χ4v) is 3.33. The van der Waals surface area contributed by atoms with Gasteiger partial charge in [-0.2, -0.15) is 5.10 Å². The van der Waals surface area contributed by atoms with Gasteiger partial charge in [0.1, 0.15) is 5.69 Å². The van der Waals surface area contributed by atoms with Gasteiger partial charge in [-0.05, 0) is 30.5 Å². The Labute approximate surface area is 104 Å². The molecule has 1 aromatic carbocycles. The number of aryl methyl sites for hydroxylation is 1. The molecule has 2 heterocycles. The Balaban J connectivity index is 1.83. The normalized spacial score (nSPS) is 18.7. The first-order valence-corrected chi connectivity index (χ1v) is 6.51. The van der Waals surface area contributed by atoms with Crippen molar-refractivity contribution in [2.75, 3.05) is 0 Å². The van der Waals surface area contributed by atoms with E-state index in [0.717, 1.165) is 12.8 Å². The lowest BCUT2D eigenvalue weighted by molar-refractivity contribution is 0.0981. The molecular weight excluding hydrogens is 232 g/mol. The Morgan fingerprint density at radius 1 is 1.35 bits per heavy atom. The van der Waals surface area contributed by atoms with E-state index < -0.39 is 0 Å². The molecule has 3 nitrogen and oxygen atoms in total. The summed E-state index contributed by atoms with van der Waals surface area (Å²) in [6.45, 7) is 0. The van der Waals surface area contributed by atoms with Crippen molar-refractivity contribution in [3.8, 4) is 0 Å². The monoisotopic (exact) mass is 244 g/mol. The van der Waals surface area contributed by atoms with Crippen LogP contribution < -0.4 is 0 Å². The van der Waals surface area contributed by atoms with Crippen LogP contribution in [0.15, 0.2) is 41.4 Å². The molecule has 0 amide bonds. The molecule has 1 aliphatic rings. The second kappa shape index (κ2) is 4.37. The molecule has 86 valence electrons. The number of aromatic amines is 1. The molecule has 2 aromatic rings. The predicted molar refractivity (Wildman–Crippen MR) is 67.3 cm³/mol. The highest BCUT2D eigenvalue weighted by Crippen LogP contribution is 2.36. The van der Waals surface area contributed by atoms with E-state index in [0.29, 0.717) is 5.69 Å². The SMILES string of the molecule is O=C(c1ccn[nH]1)C1CCc2ccccc2S1. The molecule has 1 atom stereocenters. The molecule has 0 radical (unpaired) electrons. The van der Waals surface area contributed by atoms with E-state index in [2.05, 4.69) is 28.4 Å². The number of carbonyl (C=O) groups is 1. The van der Waals surface area contributed by atoms with Gasteiger partial charge in [-0.1, -0.05) is 18.2 Å². The molecule has 0 saturated heterocycles. The van der Waals surface area contributed by atoms with Crippen LogP contribution in [0, 0.1) is 0 Å². The van der Waals surface area contributed by atoms with Gasteiger partial charge in [0.15, 0.2) is 5.78 Å². The molecule has 0 saturated carbocycles. The number of carbonyl (C=O) groups excluding carboxylic acids is 1. The standard InChI is InChI=1S/C13H12N2OS/c16-13(10-7-8-14-15-10)12-6-5-9-3-1-2-4-11(9)17-12/h1-4,7-8,12H,5-6H2,(H,14,15). The van der Waals surface area contributed by atoms with Crippen LogP contribution in [0.1, 0.15) is 22.5 Å². The maximum atomic E-state index is 12.2. The Hall–Kier alpha value is -1.55. The summed E-state index contributed by atoms with van der Waals surface area (Å²) in [4.78, 5) is 13.4. The Kier molecular flexibility index (Phi) is 2.73. The summed E-state index contributed by atoms with van der Waals surface area (Å²) in [6, 6.07) is 10.0. The number of nitrogens with one attached hydrogen (secondary N) is 1. The molecular formula is C13H12N2OS. The molecule has 1 aliphatic heterocycles. The van der Waals surface area contributed by atoms with Crippen LogP contribution in [-0.2, 0) is 6.42 Å². The van der Waals surface area contributed by atoms with Crippen LogP contribution in [0.3, 0.4) is 0 Å². The molecule has 3 rings (SSSR count). The number of thioether (sulfide) groups is 1. The molecule has 4 heteroatoms. The van der Waals surface area contributed by atoms with E-state index in [1.807, 2.05) is 6.07 Å². The van der Waals surface area contributed by atoms with Crippen LogP contribution >= 0.6 is 11.8 Å². The molecule has 0 fully saturated rings. The van der Waals surface area contributed by atoms with Crippen molar-refractivity contribution in [1.82, 2.24) is 10.2 Å². The third-order valence-corrected chi connectivity index (χ3v) is 4.36. The van der Waals surface area contributed by atoms with Crippen molar-refractivity contribution in [3.05, 3.63) is 47.8 Å². The molecule has 17 heavy (non-hydrogen) atoms. The number of Topliss-reactive ketones (excluding diaryl/α,β-unsaturated/α-hetero) is 1. The lowest BCUT2D eigenvalue weighted by Gasteiger charge is -2.22. The quantitative estimate of drug-likeness (QED) is 0.826. The van der Waals surface area contributed by atoms with Crippen LogP contribution in [0.25, 0.3) is 0 Å². The van der Waals surface area contributed by atoms with Crippen molar-refractivity contribution in [3.63, 3.8) is 0 Å². The number of fused-ring (bicyclic) bond motifs is 1. The zero-order valence-corrected chi connectivity index (χ0v) is 10.0. The smallest absolute Gasteiger partial charge is 0.193 e. The van der Waals surface area contributed by atoms with E-state index in [4.69, 9.17) is 0 Å². The first-order valence-electron chi connectivity index (χ1n) is 5.63. The van der Waals surface area contributed by atoms with Crippen molar-refractivity contribution >= 4 is 17.5 Å². The molecule has 0 bridgehead atoms. The second-order valence-corrected chi connectivity index (χ2v) is 5.33. The average Bonchev–Trinajstić information content (AvgIpc) is 2.91. The average molecular weight is 244 g/mol. The highest BCUT2D eigenvalue weighted by Gasteiger charge is 2.26. The van der Waals surface area contributed by atoms with Crippen molar-refractivity contribution < 1.29 is 4.79 Å². The van der Waals surface area contributed by atoms with Crippen molar-refractivity contribution in [1.29, 1.82) is 0 Å². The zero-order chi connectivity index (χ0) is 11.7. The Bertz CT molecular complexity index is 536. The van der Waals surface area contributed by atoms with Crippen LogP contribution in [0.5, 0.6) is 0 Å². The maximum Gasteiger partial charge on any atom is 0.193 e. The fraction of sp³-hybridized carbons (Fsp3) is 0.231. The van der Waals surface area contributed by atoms with Crippen LogP contribution in [0.2, 0.25) is 0 Å². The van der Waals surface area contributed by atoms with E-state index in [1.54, 1.807) is 24.0 Å². The molecule has 1 aromatic heterocycles. The molecule has 1 N–H and O–H groups in total. The number of benzene rings is 1. The van der Waals surface area contributed by atoms with Gasteiger partial charge in [0.25, 0.3) is 0 Å². The summed E-state index contributed by atoms with van der Waals surface area (Å²) >= 11 is 1.67. The van der Waals surface area contributed by atoms with Crippen molar-refractivity contribution in [2.45, 2.75) is 23.0 Å². The minimum atomic E-state index is 0.0188. The van der Waals surface area contributed by atoms with E-state index in [1.165, 1.54) is 10.5 Å². The molecule has 0 spiro atoms. The predicted octanol–water partition coefficient (Wildman–Crippen LogP) is 2.70. The first-order chi connectivity index (χ1) is 8.34. The van der Waals surface area contributed by atoms with Gasteiger partial charge in [0, 0.05) is 11.1 Å². The van der Waals surface area contributed by atoms with Gasteiger partial charge in [-0.25, -0.2) is 0 Å². The summed E-state index contributed by atoms with van der Waals surface area (Å²) in [5.41, 5.74) is 1.97. The number of ketones is 1. The minimum Gasteiger partial charge on any atom is -0.291 e. The third-order valence-electron chi connectivity index (χ3n) is 2.98. The zero-order valence-electron chi connectivity index (χ0n) is 9.22. The molecule has 0 aliphatic carbocycles. The number of hydrogen-bond donors (Lipinski definition) is 1. The summed E-state index contributed by atoms with van der Waals surface area (Å²) < 4.78 is 0. The topological polar surface area (TPSA) is 45.8 Å². The fourth-order valence-electron chi connectivity index (χ4n) is 2.08. The Morgan fingerprint density at radius 3 is 3.06 bits per heavy atom. The van der Waals surface area contributed by atoms with E-state index >= 15 is 0 Å². The summed E-state index contributed by atoms with van der Waals surface area (Å²) in [7, 11) is 0. The van der Waals surface area contributed by atoms with Gasteiger partial charge in [0.2, 0.25) is 0 Å². The van der Waals surface area contributed by atoms with Gasteiger partial charge >= 0.3 is 0 Å². The number of hydrogen-bond acceptors (Lipinski definition) is 3. The summed E-state index contributed by atoms with van der Waals surface area (Å²) in [5.74, 6) is 0.155. The van der Waals surface area contributed by atoms with E-state index in [9.17, 15) is 4.79 Å². The largest absolute Gasteiger partial charge is 0.291 e. The van der Waals surface area contributed by atoms with Crippen LogP contribution in [-0.4, -0.2) is 21.2 Å². The summed E-state index contributed by atoms with van der Waals surface area (Å²) in [5, 5.41) is 6.59. The number of nitrogens with zero attached hydrogens (tertiary/aromatic N) is 1. The lowest BCUT2D eigenvalue weighted by Crippen LogP contribution is -2.21. The highest BCUT2D eigenvalue weighted by molar-refractivity contribution is 8.00. The lowest BCUT2D eigenvalue weighted by atomic mass is 10.0. The number of H-pyrrole nitrogens is 1. The second-order valence-electron chi connectivity index (χ2n) is 4.09. The molecule has 1 unspecified atom stereocenters. The summed E-state index contributed by atoms with van der Waals surface area (Å²) in [6.07, 6.45) is 3.50. The van der Waals surface area contributed by atoms with E-state index in [-0.39, 0.29) is 11.0 Å². The highest BCUT2D eigenvalue weighted by atomic mass is 32.2. The third kappa shape index (κ3) is 2.00.